The molecule has 0 spiro atoms. The van der Waals surface area contributed by atoms with Crippen LogP contribution in [0, 0.1) is 0 Å². The molecule has 1 amide bonds. The summed E-state index contributed by atoms with van der Waals surface area (Å²) in [4.78, 5) is 16.7. The molecular formula is C23H29Cl2N3O. The average molecular weight is 434 g/mol. The molecule has 0 radical (unpaired) electrons. The molecule has 0 aromatic heterocycles. The molecule has 1 aliphatic heterocycles. The highest BCUT2D eigenvalue weighted by Crippen LogP contribution is 2.24. The standard InChI is InChI=1S/C23H29Cl2N3O/c1-3-28(4-2)23(29)17-6-9-20(10-7-17)26-21-11-13-27(14-12-21)16-18-5-8-19(24)15-22(18)25/h5-10,15,21,26H,3-4,11-14,16H2,1-2H3. The van der Waals surface area contributed by atoms with Crippen LogP contribution in [-0.2, 0) is 6.54 Å². The molecule has 6 heteroatoms. The van der Waals surface area contributed by atoms with Crippen LogP contribution in [0.4, 0.5) is 5.69 Å². The van der Waals surface area contributed by atoms with E-state index in [0.29, 0.717) is 11.1 Å². The van der Waals surface area contributed by atoms with Crippen LogP contribution in [0.15, 0.2) is 42.5 Å². The number of carbonyl (C=O) groups excluding carboxylic acids is 1. The molecule has 156 valence electrons. The van der Waals surface area contributed by atoms with Gasteiger partial charge < -0.3 is 10.2 Å². The second kappa shape index (κ2) is 10.3. The van der Waals surface area contributed by atoms with Crippen molar-refractivity contribution < 1.29 is 4.79 Å². The van der Waals surface area contributed by atoms with Crippen molar-refractivity contribution in [2.24, 2.45) is 0 Å². The molecule has 0 atom stereocenters. The minimum Gasteiger partial charge on any atom is -0.382 e. The number of piperidine rings is 1. The van der Waals surface area contributed by atoms with Gasteiger partial charge in [0.1, 0.15) is 0 Å². The molecule has 0 bridgehead atoms. The van der Waals surface area contributed by atoms with Gasteiger partial charge in [-0.1, -0.05) is 29.3 Å². The van der Waals surface area contributed by atoms with Gasteiger partial charge in [-0.25, -0.2) is 0 Å². The summed E-state index contributed by atoms with van der Waals surface area (Å²) in [6.45, 7) is 8.37. The Bertz CT molecular complexity index is 813. The number of rotatable bonds is 7. The van der Waals surface area contributed by atoms with Crippen LogP contribution in [0.25, 0.3) is 0 Å². The number of amides is 1. The Morgan fingerprint density at radius 3 is 2.31 bits per heavy atom. The monoisotopic (exact) mass is 433 g/mol. The van der Waals surface area contributed by atoms with E-state index in [2.05, 4.69) is 10.2 Å². The van der Waals surface area contributed by atoms with E-state index < -0.39 is 0 Å². The third-order valence-corrected chi connectivity index (χ3v) is 6.14. The van der Waals surface area contributed by atoms with E-state index in [4.69, 9.17) is 23.2 Å². The van der Waals surface area contributed by atoms with E-state index >= 15 is 0 Å². The smallest absolute Gasteiger partial charge is 0.253 e. The maximum absolute atomic E-state index is 12.4. The molecule has 3 rings (SSSR count). The molecule has 1 N–H and O–H groups in total. The zero-order chi connectivity index (χ0) is 20.8. The summed E-state index contributed by atoms with van der Waals surface area (Å²) >= 11 is 12.3. The summed E-state index contributed by atoms with van der Waals surface area (Å²) in [7, 11) is 0. The van der Waals surface area contributed by atoms with Gasteiger partial charge in [-0.2, -0.15) is 0 Å². The quantitative estimate of drug-likeness (QED) is 0.621. The Balaban J connectivity index is 1.50. The van der Waals surface area contributed by atoms with Gasteiger partial charge in [-0.15, -0.1) is 0 Å². The van der Waals surface area contributed by atoms with E-state index in [0.717, 1.165) is 67.4 Å². The van der Waals surface area contributed by atoms with Crippen molar-refractivity contribution in [3.8, 4) is 0 Å². The number of likely N-dealkylation sites (tertiary alicyclic amines) is 1. The molecule has 0 unspecified atom stereocenters. The van der Waals surface area contributed by atoms with E-state index in [1.54, 1.807) is 6.07 Å². The first kappa shape index (κ1) is 21.9. The van der Waals surface area contributed by atoms with Crippen molar-refractivity contribution in [3.05, 3.63) is 63.6 Å². The van der Waals surface area contributed by atoms with Crippen LogP contribution in [-0.4, -0.2) is 47.9 Å². The highest BCUT2D eigenvalue weighted by Gasteiger charge is 2.20. The highest BCUT2D eigenvalue weighted by molar-refractivity contribution is 6.35. The second-order valence-electron chi connectivity index (χ2n) is 7.49. The van der Waals surface area contributed by atoms with Gasteiger partial charge in [0.2, 0.25) is 0 Å². The summed E-state index contributed by atoms with van der Waals surface area (Å²) in [5, 5.41) is 5.02. The number of hydrogen-bond acceptors (Lipinski definition) is 3. The topological polar surface area (TPSA) is 35.6 Å². The number of nitrogens with zero attached hydrogens (tertiary/aromatic N) is 2. The number of benzene rings is 2. The van der Waals surface area contributed by atoms with Gasteiger partial charge in [-0.3, -0.25) is 9.69 Å². The van der Waals surface area contributed by atoms with Gasteiger partial charge >= 0.3 is 0 Å². The van der Waals surface area contributed by atoms with Crippen molar-refractivity contribution in [3.63, 3.8) is 0 Å². The van der Waals surface area contributed by atoms with Gasteiger partial charge in [0.05, 0.1) is 0 Å². The van der Waals surface area contributed by atoms with Crippen LogP contribution in [0.3, 0.4) is 0 Å². The minimum absolute atomic E-state index is 0.0933. The number of halogens is 2. The molecule has 29 heavy (non-hydrogen) atoms. The summed E-state index contributed by atoms with van der Waals surface area (Å²) in [5.74, 6) is 0.0933. The lowest BCUT2D eigenvalue weighted by atomic mass is 10.0. The van der Waals surface area contributed by atoms with Crippen LogP contribution >= 0.6 is 23.2 Å². The third-order valence-electron chi connectivity index (χ3n) is 5.55. The fraction of sp³-hybridized carbons (Fsp3) is 0.435. The molecule has 1 saturated heterocycles. The molecule has 2 aromatic rings. The van der Waals surface area contributed by atoms with Crippen molar-refractivity contribution >= 4 is 34.8 Å². The lowest BCUT2D eigenvalue weighted by Gasteiger charge is -2.33. The van der Waals surface area contributed by atoms with E-state index in [1.165, 1.54) is 0 Å². The summed E-state index contributed by atoms with van der Waals surface area (Å²) < 4.78 is 0. The van der Waals surface area contributed by atoms with Crippen molar-refractivity contribution in [1.29, 1.82) is 0 Å². The Morgan fingerprint density at radius 2 is 1.72 bits per heavy atom. The number of nitrogens with one attached hydrogen (secondary N) is 1. The molecule has 2 aromatic carbocycles. The molecule has 1 heterocycles. The number of hydrogen-bond donors (Lipinski definition) is 1. The van der Waals surface area contributed by atoms with Crippen LogP contribution in [0.1, 0.15) is 42.6 Å². The molecular weight excluding hydrogens is 405 g/mol. The Morgan fingerprint density at radius 1 is 1.07 bits per heavy atom. The zero-order valence-corrected chi connectivity index (χ0v) is 18.6. The first-order valence-corrected chi connectivity index (χ1v) is 11.1. The van der Waals surface area contributed by atoms with Crippen LogP contribution in [0.2, 0.25) is 10.0 Å². The fourth-order valence-electron chi connectivity index (χ4n) is 3.76. The maximum atomic E-state index is 12.4. The lowest BCUT2D eigenvalue weighted by Crippen LogP contribution is -2.38. The van der Waals surface area contributed by atoms with E-state index in [9.17, 15) is 4.79 Å². The van der Waals surface area contributed by atoms with Crippen molar-refractivity contribution in [2.45, 2.75) is 39.3 Å². The summed E-state index contributed by atoms with van der Waals surface area (Å²) in [6.07, 6.45) is 2.15. The van der Waals surface area contributed by atoms with Crippen molar-refractivity contribution in [2.75, 3.05) is 31.5 Å². The predicted molar refractivity (Wildman–Crippen MR) is 122 cm³/mol. The molecule has 0 saturated carbocycles. The van der Waals surface area contributed by atoms with Gasteiger partial charge in [0.15, 0.2) is 0 Å². The normalized spacial score (nSPS) is 15.3. The van der Waals surface area contributed by atoms with Gasteiger partial charge in [0.25, 0.3) is 5.91 Å². The maximum Gasteiger partial charge on any atom is 0.253 e. The fourth-order valence-corrected chi connectivity index (χ4v) is 4.23. The number of carbonyl (C=O) groups is 1. The van der Waals surface area contributed by atoms with Crippen LogP contribution < -0.4 is 5.32 Å². The summed E-state index contributed by atoms with van der Waals surface area (Å²) in [5.41, 5.74) is 2.94. The van der Waals surface area contributed by atoms with E-state index in [-0.39, 0.29) is 5.91 Å². The van der Waals surface area contributed by atoms with E-state index in [1.807, 2.05) is 55.1 Å². The lowest BCUT2D eigenvalue weighted by molar-refractivity contribution is 0.0773. The molecule has 1 fully saturated rings. The minimum atomic E-state index is 0.0933. The zero-order valence-electron chi connectivity index (χ0n) is 17.1. The molecule has 4 nitrogen and oxygen atoms in total. The first-order chi connectivity index (χ1) is 14.0. The van der Waals surface area contributed by atoms with Crippen molar-refractivity contribution in [1.82, 2.24) is 9.80 Å². The second-order valence-corrected chi connectivity index (χ2v) is 8.33. The molecule has 0 aliphatic carbocycles. The Hall–Kier alpha value is -1.75. The molecule has 1 aliphatic rings. The van der Waals surface area contributed by atoms with Gasteiger partial charge in [0, 0.05) is 60.1 Å². The number of anilines is 1. The highest BCUT2D eigenvalue weighted by atomic mass is 35.5. The Labute approximate surface area is 183 Å². The first-order valence-electron chi connectivity index (χ1n) is 10.3. The van der Waals surface area contributed by atoms with Gasteiger partial charge in [-0.05, 0) is 68.7 Å². The summed E-state index contributed by atoms with van der Waals surface area (Å²) in [6, 6.07) is 14.0. The predicted octanol–water partition coefficient (Wildman–Crippen LogP) is 5.55. The van der Waals surface area contributed by atoms with Crippen LogP contribution in [0.5, 0.6) is 0 Å². The largest absolute Gasteiger partial charge is 0.382 e. The Kier molecular flexibility index (Phi) is 7.82. The SMILES string of the molecule is CCN(CC)C(=O)c1ccc(NC2CCN(Cc3ccc(Cl)cc3Cl)CC2)cc1. The third kappa shape index (κ3) is 5.88. The average Bonchev–Trinajstić information content (AvgIpc) is 2.73.